The molecule has 6 nitrogen and oxygen atoms in total. The standard InChI is InChI=1S/C25H33N3O3S/c1-20-7-9-21(10-8-20)19-32(30,31)28-17-12-23(13-18-28)25(29)26-14-4-15-27-16-11-22-5-2-3-6-24(22)27/h2-3,5-10,23H,4,11-19H2,1H3,(H,26,29). The van der Waals surface area contributed by atoms with Crippen molar-refractivity contribution in [2.45, 2.75) is 38.4 Å². The number of nitrogens with zero attached hydrogens (tertiary/aromatic N) is 2. The highest BCUT2D eigenvalue weighted by Gasteiger charge is 2.31. The molecule has 1 fully saturated rings. The van der Waals surface area contributed by atoms with Crippen LogP contribution in [0.25, 0.3) is 0 Å². The average molecular weight is 456 g/mol. The molecule has 0 bridgehead atoms. The Morgan fingerprint density at radius 2 is 1.75 bits per heavy atom. The van der Waals surface area contributed by atoms with Crippen molar-refractivity contribution in [3.63, 3.8) is 0 Å². The number of fused-ring (bicyclic) bond motifs is 1. The van der Waals surface area contributed by atoms with E-state index in [9.17, 15) is 13.2 Å². The monoisotopic (exact) mass is 455 g/mol. The maximum Gasteiger partial charge on any atom is 0.223 e. The Morgan fingerprint density at radius 3 is 2.50 bits per heavy atom. The first-order valence-electron chi connectivity index (χ1n) is 11.6. The third-order valence-electron chi connectivity index (χ3n) is 6.58. The van der Waals surface area contributed by atoms with Crippen molar-refractivity contribution in [1.82, 2.24) is 9.62 Å². The highest BCUT2D eigenvalue weighted by molar-refractivity contribution is 7.88. The zero-order chi connectivity index (χ0) is 22.6. The van der Waals surface area contributed by atoms with Gasteiger partial charge in [0.05, 0.1) is 5.75 Å². The van der Waals surface area contributed by atoms with Crippen molar-refractivity contribution in [3.8, 4) is 0 Å². The molecule has 2 aliphatic rings. The number of piperidine rings is 1. The fraction of sp³-hybridized carbons (Fsp3) is 0.480. The largest absolute Gasteiger partial charge is 0.371 e. The van der Waals surface area contributed by atoms with E-state index in [4.69, 9.17) is 0 Å². The number of aryl methyl sites for hydroxylation is 1. The molecule has 2 aromatic carbocycles. The van der Waals surface area contributed by atoms with Crippen LogP contribution in [-0.2, 0) is 27.0 Å². The summed E-state index contributed by atoms with van der Waals surface area (Å²) in [5, 5.41) is 3.07. The smallest absolute Gasteiger partial charge is 0.223 e. The summed E-state index contributed by atoms with van der Waals surface area (Å²) < 4.78 is 27.1. The third-order valence-corrected chi connectivity index (χ3v) is 8.43. The summed E-state index contributed by atoms with van der Waals surface area (Å²) in [5.41, 5.74) is 4.64. The number of anilines is 1. The molecule has 172 valence electrons. The van der Waals surface area contributed by atoms with Crippen molar-refractivity contribution in [3.05, 3.63) is 65.2 Å². The summed E-state index contributed by atoms with van der Waals surface area (Å²) in [6.45, 7) is 5.45. The van der Waals surface area contributed by atoms with Crippen LogP contribution in [0.5, 0.6) is 0 Å². The number of benzene rings is 2. The van der Waals surface area contributed by atoms with Gasteiger partial charge in [-0.05, 0) is 49.8 Å². The van der Waals surface area contributed by atoms with Gasteiger partial charge >= 0.3 is 0 Å². The fourth-order valence-corrected chi connectivity index (χ4v) is 6.21. The zero-order valence-corrected chi connectivity index (χ0v) is 19.6. The summed E-state index contributed by atoms with van der Waals surface area (Å²) in [6.07, 6.45) is 3.16. The molecule has 7 heteroatoms. The Bertz CT molecular complexity index is 1030. The number of carbonyl (C=O) groups excluding carboxylic acids is 1. The van der Waals surface area contributed by atoms with Crippen molar-refractivity contribution < 1.29 is 13.2 Å². The fourth-order valence-electron chi connectivity index (χ4n) is 4.65. The van der Waals surface area contributed by atoms with Crippen LogP contribution in [0.1, 0.15) is 36.0 Å². The van der Waals surface area contributed by atoms with E-state index in [0.29, 0.717) is 32.5 Å². The molecule has 2 aliphatic heterocycles. The van der Waals surface area contributed by atoms with E-state index >= 15 is 0 Å². The number of amides is 1. The highest BCUT2D eigenvalue weighted by atomic mass is 32.2. The minimum atomic E-state index is -3.36. The van der Waals surface area contributed by atoms with Gasteiger partial charge in [0, 0.05) is 44.3 Å². The number of nitrogens with one attached hydrogen (secondary N) is 1. The molecule has 2 heterocycles. The maximum atomic E-state index is 12.8. The summed E-state index contributed by atoms with van der Waals surface area (Å²) in [7, 11) is -3.36. The van der Waals surface area contributed by atoms with Gasteiger partial charge in [-0.2, -0.15) is 0 Å². The Hall–Kier alpha value is -2.38. The average Bonchev–Trinajstić information content (AvgIpc) is 3.21. The van der Waals surface area contributed by atoms with Crippen LogP contribution >= 0.6 is 0 Å². The Morgan fingerprint density at radius 1 is 1.03 bits per heavy atom. The normalized spacial score (nSPS) is 17.3. The van der Waals surface area contributed by atoms with Crippen LogP contribution in [0.2, 0.25) is 0 Å². The number of para-hydroxylation sites is 1. The number of sulfonamides is 1. The number of carbonyl (C=O) groups is 1. The lowest BCUT2D eigenvalue weighted by Crippen LogP contribution is -2.43. The molecule has 2 aromatic rings. The summed E-state index contributed by atoms with van der Waals surface area (Å²) >= 11 is 0. The third kappa shape index (κ3) is 5.51. The predicted octanol–water partition coefficient (Wildman–Crippen LogP) is 3.11. The van der Waals surface area contributed by atoms with E-state index in [1.807, 2.05) is 31.2 Å². The first-order chi connectivity index (χ1) is 15.4. The molecule has 0 radical (unpaired) electrons. The minimum absolute atomic E-state index is 0.0176. The zero-order valence-electron chi connectivity index (χ0n) is 18.8. The van der Waals surface area contributed by atoms with Crippen LogP contribution in [0, 0.1) is 12.8 Å². The summed E-state index contributed by atoms with van der Waals surface area (Å²) in [4.78, 5) is 15.0. The Kier molecular flexibility index (Phi) is 7.16. The summed E-state index contributed by atoms with van der Waals surface area (Å²) in [5.74, 6) is -0.0280. The van der Waals surface area contributed by atoms with Crippen molar-refractivity contribution in [2.75, 3.05) is 37.6 Å². The molecule has 32 heavy (non-hydrogen) atoms. The highest BCUT2D eigenvalue weighted by Crippen LogP contribution is 2.27. The number of hydrogen-bond acceptors (Lipinski definition) is 4. The second-order valence-corrected chi connectivity index (χ2v) is 10.9. The molecule has 0 aliphatic carbocycles. The summed E-state index contributed by atoms with van der Waals surface area (Å²) in [6, 6.07) is 16.1. The van der Waals surface area contributed by atoms with Crippen LogP contribution in [0.4, 0.5) is 5.69 Å². The Balaban J connectivity index is 1.18. The molecule has 0 saturated carbocycles. The molecule has 1 amide bonds. The molecule has 1 N–H and O–H groups in total. The van der Waals surface area contributed by atoms with Crippen LogP contribution < -0.4 is 10.2 Å². The lowest BCUT2D eigenvalue weighted by molar-refractivity contribution is -0.126. The molecule has 0 aromatic heterocycles. The second-order valence-electron chi connectivity index (χ2n) is 8.93. The second kappa shape index (κ2) is 10.0. The van der Waals surface area contributed by atoms with E-state index in [-0.39, 0.29) is 17.6 Å². The molecule has 1 saturated heterocycles. The maximum absolute atomic E-state index is 12.8. The van der Waals surface area contributed by atoms with Gasteiger partial charge in [0.25, 0.3) is 0 Å². The van der Waals surface area contributed by atoms with E-state index < -0.39 is 10.0 Å². The lowest BCUT2D eigenvalue weighted by Gasteiger charge is -2.30. The number of hydrogen-bond donors (Lipinski definition) is 1. The quantitative estimate of drug-likeness (QED) is 0.621. The van der Waals surface area contributed by atoms with Crippen molar-refractivity contribution in [1.29, 1.82) is 0 Å². The first-order valence-corrected chi connectivity index (χ1v) is 13.2. The van der Waals surface area contributed by atoms with E-state index in [2.05, 4.69) is 34.5 Å². The molecule has 0 unspecified atom stereocenters. The molecular formula is C25H33N3O3S. The minimum Gasteiger partial charge on any atom is -0.371 e. The SMILES string of the molecule is Cc1ccc(CS(=O)(=O)N2CCC(C(=O)NCCCN3CCc4ccccc43)CC2)cc1. The van der Waals surface area contributed by atoms with Gasteiger partial charge in [-0.3, -0.25) is 4.79 Å². The van der Waals surface area contributed by atoms with E-state index in [1.165, 1.54) is 11.3 Å². The van der Waals surface area contributed by atoms with Crippen LogP contribution in [0.3, 0.4) is 0 Å². The van der Waals surface area contributed by atoms with Gasteiger partial charge in [-0.1, -0.05) is 48.0 Å². The van der Waals surface area contributed by atoms with Gasteiger partial charge in [0.15, 0.2) is 0 Å². The Labute approximate surface area is 191 Å². The van der Waals surface area contributed by atoms with Gasteiger partial charge in [0.1, 0.15) is 0 Å². The number of rotatable bonds is 8. The van der Waals surface area contributed by atoms with Crippen LogP contribution in [-0.4, -0.2) is 51.4 Å². The van der Waals surface area contributed by atoms with Gasteiger partial charge in [-0.25, -0.2) is 12.7 Å². The van der Waals surface area contributed by atoms with E-state index in [0.717, 1.165) is 37.1 Å². The first kappa shape index (κ1) is 22.8. The van der Waals surface area contributed by atoms with Crippen molar-refractivity contribution >= 4 is 21.6 Å². The molecule has 0 atom stereocenters. The van der Waals surface area contributed by atoms with E-state index in [1.54, 1.807) is 4.31 Å². The van der Waals surface area contributed by atoms with Gasteiger partial charge in [-0.15, -0.1) is 0 Å². The topological polar surface area (TPSA) is 69.7 Å². The van der Waals surface area contributed by atoms with Crippen LogP contribution in [0.15, 0.2) is 48.5 Å². The molecular weight excluding hydrogens is 422 g/mol. The molecule has 0 spiro atoms. The molecule has 4 rings (SSSR count). The van der Waals surface area contributed by atoms with Gasteiger partial charge in [0.2, 0.25) is 15.9 Å². The van der Waals surface area contributed by atoms with Gasteiger partial charge < -0.3 is 10.2 Å². The predicted molar refractivity (Wildman–Crippen MR) is 128 cm³/mol. The van der Waals surface area contributed by atoms with Crippen molar-refractivity contribution in [2.24, 2.45) is 5.92 Å². The lowest BCUT2D eigenvalue weighted by atomic mass is 9.97.